The van der Waals surface area contributed by atoms with Crippen LogP contribution in [0.5, 0.6) is 0 Å². The molecule has 0 aliphatic heterocycles. The van der Waals surface area contributed by atoms with Crippen molar-refractivity contribution in [3.63, 3.8) is 0 Å². The highest BCUT2D eigenvalue weighted by molar-refractivity contribution is 7.89. The molecule has 0 saturated carbocycles. The summed E-state index contributed by atoms with van der Waals surface area (Å²) in [6.45, 7) is 3.18. The van der Waals surface area contributed by atoms with Crippen molar-refractivity contribution in [3.8, 4) is 5.69 Å². The molecule has 3 rings (SSSR count). The number of hydrogen-bond acceptors (Lipinski definition) is 4. The fourth-order valence-electron chi connectivity index (χ4n) is 2.62. The lowest BCUT2D eigenvalue weighted by atomic mass is 10.2. The molecule has 3 aromatic rings. The van der Waals surface area contributed by atoms with Gasteiger partial charge in [0.05, 0.1) is 17.5 Å². The highest BCUT2D eigenvalue weighted by Gasteiger charge is 2.25. The first-order valence-corrected chi connectivity index (χ1v) is 10.3. The first kappa shape index (κ1) is 20.3. The SMILES string of the molecule is Cc1cc(Cl)c(C)c(S(=O)(=O)NNC(=O)c2cncn2-c2ccccc2)c1Cl. The second kappa shape index (κ2) is 7.92. The third-order valence-corrected chi connectivity index (χ3v) is 6.47. The van der Waals surface area contributed by atoms with Crippen molar-refractivity contribution in [2.75, 3.05) is 0 Å². The summed E-state index contributed by atoms with van der Waals surface area (Å²) in [6, 6.07) is 10.6. The molecule has 1 amide bonds. The van der Waals surface area contributed by atoms with Crippen molar-refractivity contribution in [1.82, 2.24) is 19.8 Å². The lowest BCUT2D eigenvalue weighted by Gasteiger charge is -2.15. The molecule has 2 aromatic carbocycles. The van der Waals surface area contributed by atoms with Crippen LogP contribution in [-0.4, -0.2) is 23.9 Å². The molecule has 7 nitrogen and oxygen atoms in total. The van der Waals surface area contributed by atoms with Gasteiger partial charge < -0.3 is 0 Å². The molecule has 146 valence electrons. The number of carbonyl (C=O) groups is 1. The van der Waals surface area contributed by atoms with Crippen molar-refractivity contribution in [2.45, 2.75) is 18.7 Å². The summed E-state index contributed by atoms with van der Waals surface area (Å²) < 4.78 is 27.0. The smallest absolute Gasteiger partial charge is 0.284 e. The second-order valence-electron chi connectivity index (χ2n) is 5.99. The molecule has 0 fully saturated rings. The fraction of sp³-hybridized carbons (Fsp3) is 0.111. The molecule has 10 heteroatoms. The Hall–Kier alpha value is -2.39. The molecule has 0 aliphatic carbocycles. The van der Waals surface area contributed by atoms with Gasteiger partial charge in [-0.05, 0) is 43.2 Å². The van der Waals surface area contributed by atoms with Gasteiger partial charge in [-0.3, -0.25) is 14.8 Å². The van der Waals surface area contributed by atoms with Crippen LogP contribution in [0.15, 0.2) is 53.8 Å². The van der Waals surface area contributed by atoms with Crippen LogP contribution in [0, 0.1) is 13.8 Å². The molecular formula is C18H16Cl2N4O3S. The Balaban J connectivity index is 1.86. The Bertz CT molecular complexity index is 1120. The van der Waals surface area contributed by atoms with E-state index in [2.05, 4.69) is 15.2 Å². The van der Waals surface area contributed by atoms with Crippen LogP contribution in [0.3, 0.4) is 0 Å². The van der Waals surface area contributed by atoms with E-state index in [9.17, 15) is 13.2 Å². The van der Waals surface area contributed by atoms with E-state index in [-0.39, 0.29) is 26.2 Å². The molecular weight excluding hydrogens is 423 g/mol. The van der Waals surface area contributed by atoms with Gasteiger partial charge in [0, 0.05) is 10.7 Å². The molecule has 0 saturated heterocycles. The third kappa shape index (κ3) is 3.90. The van der Waals surface area contributed by atoms with Crippen molar-refractivity contribution in [2.24, 2.45) is 0 Å². The number of hydrazine groups is 1. The fourth-order valence-corrected chi connectivity index (χ4v) is 4.67. The van der Waals surface area contributed by atoms with E-state index in [1.54, 1.807) is 25.1 Å². The minimum atomic E-state index is -4.16. The Kier molecular flexibility index (Phi) is 5.76. The van der Waals surface area contributed by atoms with Gasteiger partial charge in [0.15, 0.2) is 0 Å². The average Bonchev–Trinajstić information content (AvgIpc) is 3.15. The molecule has 1 heterocycles. The minimum Gasteiger partial charge on any atom is -0.295 e. The highest BCUT2D eigenvalue weighted by atomic mass is 35.5. The van der Waals surface area contributed by atoms with Crippen LogP contribution in [-0.2, 0) is 10.0 Å². The van der Waals surface area contributed by atoms with Gasteiger partial charge in [-0.25, -0.2) is 13.4 Å². The largest absolute Gasteiger partial charge is 0.295 e. The second-order valence-corrected chi connectivity index (χ2v) is 8.39. The van der Waals surface area contributed by atoms with Crippen LogP contribution in [0.2, 0.25) is 10.0 Å². The van der Waals surface area contributed by atoms with Crippen LogP contribution in [0.1, 0.15) is 21.6 Å². The van der Waals surface area contributed by atoms with E-state index in [0.717, 1.165) is 0 Å². The van der Waals surface area contributed by atoms with Crippen LogP contribution in [0.4, 0.5) is 0 Å². The number of nitrogens with zero attached hydrogens (tertiary/aromatic N) is 2. The molecule has 1 aromatic heterocycles. The summed E-state index contributed by atoms with van der Waals surface area (Å²) in [5, 5.41) is 0.300. The number of carbonyl (C=O) groups excluding carboxylic acids is 1. The summed E-state index contributed by atoms with van der Waals surface area (Å²) in [6.07, 6.45) is 2.79. The highest BCUT2D eigenvalue weighted by Crippen LogP contribution is 2.33. The molecule has 0 bridgehead atoms. The van der Waals surface area contributed by atoms with E-state index in [4.69, 9.17) is 23.2 Å². The number of imidazole rings is 1. The standard InChI is InChI=1S/C18H16Cl2N4O3S/c1-11-8-14(19)12(2)17(16(11)20)28(26,27)23-22-18(25)15-9-21-10-24(15)13-6-4-3-5-7-13/h3-10,23H,1-2H3,(H,22,25). The van der Waals surface area contributed by atoms with E-state index in [1.807, 2.05) is 18.2 Å². The Morgan fingerprint density at radius 2 is 1.82 bits per heavy atom. The topological polar surface area (TPSA) is 93.1 Å². The summed E-state index contributed by atoms with van der Waals surface area (Å²) in [5.74, 6) is -0.683. The Morgan fingerprint density at radius 3 is 2.50 bits per heavy atom. The van der Waals surface area contributed by atoms with Gasteiger partial charge in [-0.1, -0.05) is 41.4 Å². The molecule has 28 heavy (non-hydrogen) atoms. The van der Waals surface area contributed by atoms with Gasteiger partial charge >= 0.3 is 0 Å². The number of hydrogen-bond donors (Lipinski definition) is 2. The van der Waals surface area contributed by atoms with E-state index in [0.29, 0.717) is 11.3 Å². The average molecular weight is 439 g/mol. The number of para-hydroxylation sites is 1. The van der Waals surface area contributed by atoms with Crippen molar-refractivity contribution in [1.29, 1.82) is 0 Å². The molecule has 0 spiro atoms. The predicted octanol–water partition coefficient (Wildman–Crippen LogP) is 3.42. The van der Waals surface area contributed by atoms with Crippen molar-refractivity contribution in [3.05, 3.63) is 75.8 Å². The van der Waals surface area contributed by atoms with Crippen LogP contribution < -0.4 is 10.3 Å². The number of halogens is 2. The van der Waals surface area contributed by atoms with E-state index >= 15 is 0 Å². The molecule has 0 aliphatic rings. The lowest BCUT2D eigenvalue weighted by molar-refractivity contribution is 0.0938. The maximum absolute atomic E-state index is 12.7. The zero-order valence-corrected chi connectivity index (χ0v) is 17.2. The Labute approximate surface area is 172 Å². The lowest BCUT2D eigenvalue weighted by Crippen LogP contribution is -2.42. The van der Waals surface area contributed by atoms with Gasteiger partial charge in [0.1, 0.15) is 10.6 Å². The number of aromatic nitrogens is 2. The number of rotatable bonds is 5. The summed E-state index contributed by atoms with van der Waals surface area (Å²) in [7, 11) is -4.16. The normalized spacial score (nSPS) is 11.4. The number of amides is 1. The maximum atomic E-state index is 12.7. The van der Waals surface area contributed by atoms with Gasteiger partial charge in [-0.2, -0.15) is 0 Å². The molecule has 0 atom stereocenters. The zero-order valence-electron chi connectivity index (χ0n) is 14.9. The number of sulfonamides is 1. The van der Waals surface area contributed by atoms with E-state index in [1.165, 1.54) is 24.0 Å². The summed E-state index contributed by atoms with van der Waals surface area (Å²) >= 11 is 12.3. The summed E-state index contributed by atoms with van der Waals surface area (Å²) in [5.41, 5.74) is 3.84. The first-order chi connectivity index (χ1) is 13.2. The van der Waals surface area contributed by atoms with Gasteiger partial charge in [0.25, 0.3) is 15.9 Å². The van der Waals surface area contributed by atoms with Crippen LogP contribution in [0.25, 0.3) is 5.69 Å². The minimum absolute atomic E-state index is 0.0398. The van der Waals surface area contributed by atoms with Crippen molar-refractivity contribution >= 4 is 39.1 Å². The predicted molar refractivity (Wildman–Crippen MR) is 107 cm³/mol. The number of benzene rings is 2. The number of aryl methyl sites for hydroxylation is 1. The third-order valence-electron chi connectivity index (χ3n) is 4.06. The van der Waals surface area contributed by atoms with E-state index < -0.39 is 15.9 Å². The van der Waals surface area contributed by atoms with Crippen molar-refractivity contribution < 1.29 is 13.2 Å². The molecule has 0 unspecified atom stereocenters. The number of nitrogens with one attached hydrogen (secondary N) is 2. The monoisotopic (exact) mass is 438 g/mol. The maximum Gasteiger partial charge on any atom is 0.284 e. The van der Waals surface area contributed by atoms with Gasteiger partial charge in [-0.15, -0.1) is 4.83 Å². The van der Waals surface area contributed by atoms with Gasteiger partial charge in [0.2, 0.25) is 0 Å². The first-order valence-electron chi connectivity index (χ1n) is 8.07. The zero-order chi connectivity index (χ0) is 20.5. The molecule has 0 radical (unpaired) electrons. The van der Waals surface area contributed by atoms with Crippen LogP contribution >= 0.6 is 23.2 Å². The Morgan fingerprint density at radius 1 is 1.14 bits per heavy atom. The quantitative estimate of drug-likeness (QED) is 0.596. The molecule has 2 N–H and O–H groups in total. The summed E-state index contributed by atoms with van der Waals surface area (Å²) in [4.78, 5) is 18.4.